The lowest BCUT2D eigenvalue weighted by Crippen LogP contribution is -2.29. The van der Waals surface area contributed by atoms with Crippen molar-refractivity contribution < 1.29 is 0 Å². The summed E-state index contributed by atoms with van der Waals surface area (Å²) in [4.78, 5) is 5.47. The molecule has 4 aromatic carbocycles. The van der Waals surface area contributed by atoms with Gasteiger partial charge in [0.2, 0.25) is 0 Å². The molecule has 9 rings (SSSR count). The van der Waals surface area contributed by atoms with Crippen LogP contribution < -0.4 is 0 Å². The summed E-state index contributed by atoms with van der Waals surface area (Å²) in [5.41, 5.74) is 13.0. The number of thiophene rings is 2. The van der Waals surface area contributed by atoms with Gasteiger partial charge in [0.05, 0.1) is 5.41 Å². The molecular weight excluding hydrogens is 617 g/mol. The van der Waals surface area contributed by atoms with Crippen LogP contribution in [0.1, 0.15) is 65.2 Å². The molecule has 0 amide bonds. The minimum absolute atomic E-state index is 0.396. The number of fused-ring (bicyclic) bond motifs is 3. The molecule has 0 fully saturated rings. The van der Waals surface area contributed by atoms with E-state index < -0.39 is 5.41 Å². The second-order valence-corrected chi connectivity index (χ2v) is 15.7. The van der Waals surface area contributed by atoms with Crippen LogP contribution in [-0.2, 0) is 5.41 Å². The Bertz CT molecular complexity index is 2220. The van der Waals surface area contributed by atoms with Crippen molar-refractivity contribution in [1.82, 2.24) is 0 Å². The zero-order valence-electron chi connectivity index (χ0n) is 27.3. The van der Waals surface area contributed by atoms with Gasteiger partial charge in [-0.25, -0.2) is 0 Å². The fourth-order valence-electron chi connectivity index (χ4n) is 8.12. The molecule has 0 saturated heterocycles. The van der Waals surface area contributed by atoms with Crippen LogP contribution >= 0.6 is 22.7 Å². The molecule has 2 aromatic heterocycles. The van der Waals surface area contributed by atoms with Gasteiger partial charge >= 0.3 is 0 Å². The van der Waals surface area contributed by atoms with Gasteiger partial charge in [0.25, 0.3) is 0 Å². The van der Waals surface area contributed by atoms with Crippen LogP contribution in [0.3, 0.4) is 0 Å². The molecule has 2 heteroatoms. The van der Waals surface area contributed by atoms with Crippen molar-refractivity contribution in [3.05, 3.63) is 178 Å². The molecule has 0 radical (unpaired) electrons. The molecule has 234 valence electrons. The molecule has 0 aliphatic heterocycles. The highest BCUT2D eigenvalue weighted by Crippen LogP contribution is 2.59. The van der Waals surface area contributed by atoms with Crippen molar-refractivity contribution in [3.63, 3.8) is 0 Å². The largest absolute Gasteiger partial charge is 0.140 e. The molecule has 2 heterocycles. The third-order valence-corrected chi connectivity index (χ3v) is 13.0. The third kappa shape index (κ3) is 4.93. The molecule has 6 aromatic rings. The van der Waals surface area contributed by atoms with Gasteiger partial charge in [-0.3, -0.25) is 0 Å². The maximum absolute atomic E-state index is 2.53. The Morgan fingerprint density at radius 1 is 0.604 bits per heavy atom. The normalized spacial score (nSPS) is 19.6. The average Bonchev–Trinajstić information content (AvgIpc) is 3.91. The van der Waals surface area contributed by atoms with Crippen LogP contribution in [-0.4, -0.2) is 0 Å². The van der Waals surface area contributed by atoms with E-state index in [1.807, 2.05) is 22.7 Å². The van der Waals surface area contributed by atoms with E-state index in [2.05, 4.69) is 153 Å². The van der Waals surface area contributed by atoms with Crippen LogP contribution in [0.2, 0.25) is 0 Å². The summed E-state index contributed by atoms with van der Waals surface area (Å²) in [6.45, 7) is 2.19. The average molecular weight is 655 g/mol. The molecule has 0 nitrogen and oxygen atoms in total. The van der Waals surface area contributed by atoms with Crippen LogP contribution in [0, 0.1) is 6.92 Å². The van der Waals surface area contributed by atoms with E-state index in [1.165, 1.54) is 94.4 Å². The van der Waals surface area contributed by atoms with Crippen molar-refractivity contribution >= 4 is 22.7 Å². The van der Waals surface area contributed by atoms with Gasteiger partial charge in [-0.1, -0.05) is 115 Å². The van der Waals surface area contributed by atoms with Crippen LogP contribution in [0.15, 0.2) is 151 Å². The number of benzene rings is 4. The van der Waals surface area contributed by atoms with Crippen LogP contribution in [0.5, 0.6) is 0 Å². The minimum Gasteiger partial charge on any atom is -0.140 e. The Morgan fingerprint density at radius 2 is 1.29 bits per heavy atom. The minimum atomic E-state index is -0.396. The van der Waals surface area contributed by atoms with Gasteiger partial charge in [-0.15, -0.1) is 22.7 Å². The van der Waals surface area contributed by atoms with Crippen molar-refractivity contribution in [2.75, 3.05) is 0 Å². The van der Waals surface area contributed by atoms with Gasteiger partial charge in [-0.2, -0.15) is 0 Å². The van der Waals surface area contributed by atoms with Crippen molar-refractivity contribution in [3.8, 4) is 42.4 Å². The Morgan fingerprint density at radius 3 is 1.96 bits per heavy atom. The molecule has 48 heavy (non-hydrogen) atoms. The molecule has 2 unspecified atom stereocenters. The van der Waals surface area contributed by atoms with E-state index in [1.54, 1.807) is 0 Å². The number of hydrogen-bond donors (Lipinski definition) is 0. The van der Waals surface area contributed by atoms with E-state index in [4.69, 9.17) is 0 Å². The highest BCUT2D eigenvalue weighted by atomic mass is 32.1. The Balaban J connectivity index is 1.24. The topological polar surface area (TPSA) is 0 Å². The van der Waals surface area contributed by atoms with E-state index in [-0.39, 0.29) is 0 Å². The summed E-state index contributed by atoms with van der Waals surface area (Å²) < 4.78 is 0. The maximum Gasteiger partial charge on any atom is 0.0710 e. The molecule has 0 N–H and O–H groups in total. The predicted molar refractivity (Wildman–Crippen MR) is 207 cm³/mol. The first-order chi connectivity index (χ1) is 23.7. The molecule has 0 spiro atoms. The molecule has 2 atom stereocenters. The van der Waals surface area contributed by atoms with E-state index in [9.17, 15) is 0 Å². The summed E-state index contributed by atoms with van der Waals surface area (Å²) >= 11 is 3.86. The van der Waals surface area contributed by atoms with E-state index >= 15 is 0 Å². The fourth-order valence-corrected chi connectivity index (χ4v) is 10.2. The third-order valence-electron chi connectivity index (χ3n) is 10.5. The van der Waals surface area contributed by atoms with Crippen LogP contribution in [0.25, 0.3) is 42.4 Å². The van der Waals surface area contributed by atoms with Crippen LogP contribution in [0.4, 0.5) is 0 Å². The fraction of sp³-hybridized carbons (Fsp3) is 0.174. The lowest BCUT2D eigenvalue weighted by molar-refractivity contribution is 0.662. The first kappa shape index (κ1) is 29.6. The molecular formula is C46H38S2. The highest BCUT2D eigenvalue weighted by molar-refractivity contribution is 7.18. The summed E-state index contributed by atoms with van der Waals surface area (Å²) in [5.74, 6) is 0.554. The van der Waals surface area contributed by atoms with Gasteiger partial charge < -0.3 is 0 Å². The second-order valence-electron chi connectivity index (χ2n) is 13.5. The van der Waals surface area contributed by atoms with Gasteiger partial charge in [-0.05, 0) is 126 Å². The van der Waals surface area contributed by atoms with Gasteiger partial charge in [0.1, 0.15) is 0 Å². The Labute approximate surface area is 292 Å². The van der Waals surface area contributed by atoms with Gasteiger partial charge in [0, 0.05) is 25.4 Å². The smallest absolute Gasteiger partial charge is 0.0710 e. The lowest BCUT2D eigenvalue weighted by Gasteiger charge is -2.36. The summed E-state index contributed by atoms with van der Waals surface area (Å²) in [6.07, 6.45) is 18.0. The lowest BCUT2D eigenvalue weighted by atomic mass is 9.65. The van der Waals surface area contributed by atoms with E-state index in [0.717, 1.165) is 12.8 Å². The number of aryl methyl sites for hydroxylation is 1. The summed E-state index contributed by atoms with van der Waals surface area (Å²) in [7, 11) is 0. The van der Waals surface area contributed by atoms with Gasteiger partial charge in [0.15, 0.2) is 0 Å². The predicted octanol–water partition coefficient (Wildman–Crippen LogP) is 13.5. The monoisotopic (exact) mass is 654 g/mol. The first-order valence-electron chi connectivity index (χ1n) is 17.3. The first-order valence-corrected chi connectivity index (χ1v) is 19.0. The zero-order chi connectivity index (χ0) is 32.1. The molecule has 0 saturated carbocycles. The number of allylic oxidation sites excluding steroid dienone is 6. The summed E-state index contributed by atoms with van der Waals surface area (Å²) in [6, 6.07) is 44.0. The molecule has 3 aliphatic rings. The van der Waals surface area contributed by atoms with E-state index in [0.29, 0.717) is 5.92 Å². The SMILES string of the molecule is Cc1ccc(C2(C3=CCCC=C3)c3cc(-c4ccc(-c5ccccc5)s4)ccc3-c3ccc(-c4ccc(C5C=CCCC5)s4)cc32)cc1. The quantitative estimate of drug-likeness (QED) is 0.157. The standard InChI is InChI=1S/C46H38S2/c1-31-17-21-37(22-18-31)46(36-15-9-4-10-16-36)40-29-34(44-27-25-42(47-44)32-11-5-2-6-12-32)19-23-38(40)39-24-20-35(30-41(39)46)45-28-26-43(48-45)33-13-7-3-8-14-33/h2,5-7,9,11-13,15-30,33H,3-4,8,10,14H2,1H3. The van der Waals surface area contributed by atoms with Crippen molar-refractivity contribution in [2.24, 2.45) is 0 Å². The maximum atomic E-state index is 2.53. The summed E-state index contributed by atoms with van der Waals surface area (Å²) in [5, 5.41) is 0. The number of hydrogen-bond acceptors (Lipinski definition) is 2. The Kier molecular flexibility index (Phi) is 7.52. The molecule has 0 bridgehead atoms. The van der Waals surface area contributed by atoms with Crippen molar-refractivity contribution in [1.29, 1.82) is 0 Å². The number of rotatable bonds is 6. The zero-order valence-corrected chi connectivity index (χ0v) is 28.9. The second kappa shape index (κ2) is 12.2. The molecule has 3 aliphatic carbocycles. The highest BCUT2D eigenvalue weighted by Gasteiger charge is 2.47. The van der Waals surface area contributed by atoms with Crippen molar-refractivity contribution in [2.45, 2.75) is 50.4 Å². The Hall–Kier alpha value is -4.50.